The highest BCUT2D eigenvalue weighted by Crippen LogP contribution is 2.34. The first-order valence-electron chi connectivity index (χ1n) is 6.23. The van der Waals surface area contributed by atoms with E-state index in [1.165, 1.54) is 57.8 Å². The van der Waals surface area contributed by atoms with Gasteiger partial charge in [0.15, 0.2) is 0 Å². The first kappa shape index (κ1) is 11.1. The monoisotopic (exact) mass is 181 g/mol. The van der Waals surface area contributed by atoms with Crippen molar-refractivity contribution < 1.29 is 0 Å². The molecule has 0 aromatic rings. The Labute approximate surface area is 84.1 Å². The average molecular weight is 181 g/mol. The molecule has 0 heteroatoms. The minimum atomic E-state index is 0.961. The summed E-state index contributed by atoms with van der Waals surface area (Å²) in [5.74, 6) is 2.87. The van der Waals surface area contributed by atoms with Crippen LogP contribution >= 0.6 is 0 Å². The van der Waals surface area contributed by atoms with Crippen LogP contribution in [0.15, 0.2) is 0 Å². The SMILES string of the molecule is CCCC(CC)[C]1CCCCCC1. The lowest BCUT2D eigenvalue weighted by Gasteiger charge is -2.23. The third kappa shape index (κ3) is 3.70. The van der Waals surface area contributed by atoms with Gasteiger partial charge in [0.25, 0.3) is 0 Å². The molecule has 1 aliphatic carbocycles. The molecular weight excluding hydrogens is 156 g/mol. The summed E-state index contributed by atoms with van der Waals surface area (Å²) >= 11 is 0. The second kappa shape index (κ2) is 6.45. The highest BCUT2D eigenvalue weighted by Gasteiger charge is 2.20. The van der Waals surface area contributed by atoms with Gasteiger partial charge in [-0.3, -0.25) is 0 Å². The van der Waals surface area contributed by atoms with E-state index in [-0.39, 0.29) is 0 Å². The van der Waals surface area contributed by atoms with Crippen LogP contribution in [-0.4, -0.2) is 0 Å². The first-order valence-corrected chi connectivity index (χ1v) is 6.23. The van der Waals surface area contributed by atoms with Crippen molar-refractivity contribution in [1.82, 2.24) is 0 Å². The fourth-order valence-corrected chi connectivity index (χ4v) is 2.64. The van der Waals surface area contributed by atoms with Crippen molar-refractivity contribution in [1.29, 1.82) is 0 Å². The minimum Gasteiger partial charge on any atom is -0.0654 e. The van der Waals surface area contributed by atoms with E-state index in [1.54, 1.807) is 0 Å². The molecule has 1 radical (unpaired) electrons. The minimum absolute atomic E-state index is 0.961. The summed E-state index contributed by atoms with van der Waals surface area (Å²) in [4.78, 5) is 0. The van der Waals surface area contributed by atoms with E-state index in [2.05, 4.69) is 13.8 Å². The van der Waals surface area contributed by atoms with Crippen LogP contribution in [0.4, 0.5) is 0 Å². The molecule has 0 heterocycles. The fraction of sp³-hybridized carbons (Fsp3) is 0.923. The van der Waals surface area contributed by atoms with Gasteiger partial charge < -0.3 is 0 Å². The summed E-state index contributed by atoms with van der Waals surface area (Å²) in [6.45, 7) is 4.68. The maximum absolute atomic E-state index is 2.36. The lowest BCUT2D eigenvalue weighted by Crippen LogP contribution is -2.11. The Morgan fingerprint density at radius 1 is 1.00 bits per heavy atom. The Balaban J connectivity index is 2.35. The van der Waals surface area contributed by atoms with Crippen LogP contribution in [0.3, 0.4) is 0 Å². The Kier molecular flexibility index (Phi) is 5.50. The molecule has 1 aliphatic rings. The summed E-state index contributed by atoms with van der Waals surface area (Å²) in [5.41, 5.74) is 0. The van der Waals surface area contributed by atoms with Crippen molar-refractivity contribution in [3.8, 4) is 0 Å². The third-order valence-corrected chi connectivity index (χ3v) is 3.45. The fourth-order valence-electron chi connectivity index (χ4n) is 2.64. The van der Waals surface area contributed by atoms with Gasteiger partial charge in [0.05, 0.1) is 0 Å². The quantitative estimate of drug-likeness (QED) is 0.549. The van der Waals surface area contributed by atoms with Crippen LogP contribution in [0.25, 0.3) is 0 Å². The van der Waals surface area contributed by atoms with Crippen LogP contribution < -0.4 is 0 Å². The Morgan fingerprint density at radius 3 is 2.08 bits per heavy atom. The lowest BCUT2D eigenvalue weighted by molar-refractivity contribution is 0.433. The van der Waals surface area contributed by atoms with E-state index in [0.29, 0.717) is 0 Å². The zero-order chi connectivity index (χ0) is 9.52. The molecule has 1 rings (SSSR count). The molecule has 0 aromatic heterocycles. The van der Waals surface area contributed by atoms with Crippen LogP contribution in [0, 0.1) is 11.8 Å². The zero-order valence-corrected chi connectivity index (χ0v) is 9.44. The van der Waals surface area contributed by atoms with E-state index in [4.69, 9.17) is 0 Å². The van der Waals surface area contributed by atoms with E-state index >= 15 is 0 Å². The van der Waals surface area contributed by atoms with Crippen LogP contribution in [0.2, 0.25) is 0 Å². The van der Waals surface area contributed by atoms with E-state index < -0.39 is 0 Å². The number of hydrogen-bond donors (Lipinski definition) is 0. The van der Waals surface area contributed by atoms with Gasteiger partial charge in [-0.1, -0.05) is 58.8 Å². The molecule has 0 nitrogen and oxygen atoms in total. The second-order valence-corrected chi connectivity index (χ2v) is 4.47. The highest BCUT2D eigenvalue weighted by molar-refractivity contribution is 4.96. The average Bonchev–Trinajstić information content (AvgIpc) is 2.42. The van der Waals surface area contributed by atoms with Gasteiger partial charge in [0.1, 0.15) is 0 Å². The third-order valence-electron chi connectivity index (χ3n) is 3.45. The molecule has 0 aromatic carbocycles. The molecule has 0 bridgehead atoms. The van der Waals surface area contributed by atoms with Gasteiger partial charge in [-0.15, -0.1) is 0 Å². The Morgan fingerprint density at radius 2 is 1.62 bits per heavy atom. The smallest absolute Gasteiger partial charge is 0.0210 e. The standard InChI is InChI=1S/C13H25/c1-3-9-12(4-2)13-10-7-5-6-8-11-13/h12H,3-11H2,1-2H3. The van der Waals surface area contributed by atoms with Gasteiger partial charge in [0, 0.05) is 0 Å². The van der Waals surface area contributed by atoms with Crippen LogP contribution in [0.1, 0.15) is 71.6 Å². The Hall–Kier alpha value is 0. The molecule has 1 saturated carbocycles. The molecule has 0 saturated heterocycles. The van der Waals surface area contributed by atoms with Crippen LogP contribution in [0.5, 0.6) is 0 Å². The summed E-state index contributed by atoms with van der Waals surface area (Å²) in [6, 6.07) is 0. The Bertz CT molecular complexity index is 109. The maximum Gasteiger partial charge on any atom is -0.0210 e. The predicted molar refractivity (Wildman–Crippen MR) is 59.6 cm³/mol. The second-order valence-electron chi connectivity index (χ2n) is 4.47. The van der Waals surface area contributed by atoms with Crippen molar-refractivity contribution >= 4 is 0 Å². The zero-order valence-electron chi connectivity index (χ0n) is 9.44. The molecule has 0 spiro atoms. The maximum atomic E-state index is 2.36. The van der Waals surface area contributed by atoms with Crippen molar-refractivity contribution in [2.45, 2.75) is 71.6 Å². The molecule has 0 amide bonds. The normalized spacial score (nSPS) is 22.6. The van der Waals surface area contributed by atoms with Crippen LogP contribution in [-0.2, 0) is 0 Å². The summed E-state index contributed by atoms with van der Waals surface area (Å²) in [6.07, 6.45) is 13.0. The lowest BCUT2D eigenvalue weighted by atomic mass is 9.82. The molecule has 13 heavy (non-hydrogen) atoms. The summed E-state index contributed by atoms with van der Waals surface area (Å²) in [7, 11) is 0. The van der Waals surface area contributed by atoms with Gasteiger partial charge in [-0.2, -0.15) is 0 Å². The molecule has 0 N–H and O–H groups in total. The van der Waals surface area contributed by atoms with Crippen molar-refractivity contribution in [2.75, 3.05) is 0 Å². The first-order chi connectivity index (χ1) is 6.38. The summed E-state index contributed by atoms with van der Waals surface area (Å²) < 4.78 is 0. The molecular formula is C13H25. The molecule has 1 fully saturated rings. The summed E-state index contributed by atoms with van der Waals surface area (Å²) in [5, 5.41) is 0. The molecule has 77 valence electrons. The largest absolute Gasteiger partial charge is 0.0654 e. The number of rotatable bonds is 4. The van der Waals surface area contributed by atoms with Crippen molar-refractivity contribution in [2.24, 2.45) is 5.92 Å². The van der Waals surface area contributed by atoms with Crippen molar-refractivity contribution in [3.05, 3.63) is 5.92 Å². The molecule has 0 aliphatic heterocycles. The van der Waals surface area contributed by atoms with E-state index in [9.17, 15) is 0 Å². The topological polar surface area (TPSA) is 0 Å². The van der Waals surface area contributed by atoms with Gasteiger partial charge >= 0.3 is 0 Å². The van der Waals surface area contributed by atoms with E-state index in [0.717, 1.165) is 5.92 Å². The van der Waals surface area contributed by atoms with Gasteiger partial charge in [-0.25, -0.2) is 0 Å². The number of hydrogen-bond acceptors (Lipinski definition) is 0. The van der Waals surface area contributed by atoms with E-state index in [1.807, 2.05) is 5.92 Å². The molecule has 1 atom stereocenters. The highest BCUT2D eigenvalue weighted by atomic mass is 14.3. The molecule has 1 unspecified atom stereocenters. The van der Waals surface area contributed by atoms with Gasteiger partial charge in [-0.05, 0) is 24.7 Å². The van der Waals surface area contributed by atoms with Crippen molar-refractivity contribution in [3.63, 3.8) is 0 Å². The predicted octanol–water partition coefficient (Wildman–Crippen LogP) is 4.74. The van der Waals surface area contributed by atoms with Gasteiger partial charge in [0.2, 0.25) is 0 Å².